The van der Waals surface area contributed by atoms with Crippen LogP contribution in [-0.2, 0) is 0 Å². The number of hydrogen-bond acceptors (Lipinski definition) is 2. The van der Waals surface area contributed by atoms with Crippen molar-refractivity contribution in [2.45, 2.75) is 0 Å². The lowest BCUT2D eigenvalue weighted by molar-refractivity contribution is 0.0994. The van der Waals surface area contributed by atoms with Crippen LogP contribution in [0.1, 0.15) is 10.5 Å². The number of benzene rings is 1. The summed E-state index contributed by atoms with van der Waals surface area (Å²) < 4.78 is 1.71. The quantitative estimate of drug-likeness (QED) is 0.742. The van der Waals surface area contributed by atoms with Crippen molar-refractivity contribution in [3.05, 3.63) is 60.4 Å². The summed E-state index contributed by atoms with van der Waals surface area (Å²) in [6.07, 6.45) is 1.82. The molecule has 1 aromatic carbocycles. The van der Waals surface area contributed by atoms with Gasteiger partial charge in [0, 0.05) is 11.8 Å². The van der Waals surface area contributed by atoms with Crippen molar-refractivity contribution in [3.63, 3.8) is 0 Å². The summed E-state index contributed by atoms with van der Waals surface area (Å²) in [5, 5.41) is 0. The van der Waals surface area contributed by atoms with Gasteiger partial charge in [0.15, 0.2) is 0 Å². The highest BCUT2D eigenvalue weighted by molar-refractivity contribution is 5.92. The standard InChI is InChI=1S/C14H11N3O/c15-14(18)12-7-4-8-13-16-11(9-17(12)13)10-5-2-1-3-6-10/h1-9H,(H2,15,18). The van der Waals surface area contributed by atoms with Crippen molar-refractivity contribution in [2.24, 2.45) is 5.73 Å². The fourth-order valence-corrected chi connectivity index (χ4v) is 1.96. The van der Waals surface area contributed by atoms with Gasteiger partial charge in [0.1, 0.15) is 11.3 Å². The second-order valence-electron chi connectivity index (χ2n) is 4.00. The SMILES string of the molecule is NC(=O)c1cccc2nc(-c3ccccc3)cn12. The van der Waals surface area contributed by atoms with E-state index in [2.05, 4.69) is 4.98 Å². The van der Waals surface area contributed by atoms with Gasteiger partial charge in [0.05, 0.1) is 5.69 Å². The van der Waals surface area contributed by atoms with Crippen LogP contribution in [0.15, 0.2) is 54.7 Å². The number of carbonyl (C=O) groups is 1. The molecule has 0 aliphatic heterocycles. The third-order valence-electron chi connectivity index (χ3n) is 2.81. The Labute approximate surface area is 104 Å². The van der Waals surface area contributed by atoms with Crippen molar-refractivity contribution in [2.75, 3.05) is 0 Å². The van der Waals surface area contributed by atoms with E-state index in [1.165, 1.54) is 0 Å². The number of amides is 1. The van der Waals surface area contributed by atoms with Crippen molar-refractivity contribution >= 4 is 11.6 Å². The molecule has 0 saturated heterocycles. The van der Waals surface area contributed by atoms with E-state index in [-0.39, 0.29) is 0 Å². The van der Waals surface area contributed by atoms with E-state index in [4.69, 9.17) is 5.73 Å². The Morgan fingerprint density at radius 2 is 1.83 bits per heavy atom. The number of nitrogens with two attached hydrogens (primary N) is 1. The van der Waals surface area contributed by atoms with Crippen LogP contribution in [0.5, 0.6) is 0 Å². The summed E-state index contributed by atoms with van der Waals surface area (Å²) in [5.74, 6) is -0.461. The minimum absolute atomic E-state index is 0.433. The van der Waals surface area contributed by atoms with Gasteiger partial charge in [-0.3, -0.25) is 9.20 Å². The minimum atomic E-state index is -0.461. The normalized spacial score (nSPS) is 10.7. The van der Waals surface area contributed by atoms with Gasteiger partial charge in [-0.1, -0.05) is 36.4 Å². The van der Waals surface area contributed by atoms with Gasteiger partial charge in [0.25, 0.3) is 5.91 Å². The first-order valence-corrected chi connectivity index (χ1v) is 5.59. The molecule has 2 heterocycles. The Hall–Kier alpha value is -2.62. The van der Waals surface area contributed by atoms with Gasteiger partial charge in [-0.15, -0.1) is 0 Å². The molecule has 3 aromatic rings. The summed E-state index contributed by atoms with van der Waals surface area (Å²) >= 11 is 0. The molecular formula is C14H11N3O. The topological polar surface area (TPSA) is 60.4 Å². The third kappa shape index (κ3) is 1.64. The van der Waals surface area contributed by atoms with Crippen molar-refractivity contribution < 1.29 is 4.79 Å². The van der Waals surface area contributed by atoms with E-state index >= 15 is 0 Å². The summed E-state index contributed by atoms with van der Waals surface area (Å²) in [6.45, 7) is 0. The fraction of sp³-hybridized carbons (Fsp3) is 0. The van der Waals surface area contributed by atoms with Crippen LogP contribution < -0.4 is 5.73 Å². The number of imidazole rings is 1. The van der Waals surface area contributed by atoms with E-state index in [1.54, 1.807) is 16.5 Å². The van der Waals surface area contributed by atoms with E-state index in [0.717, 1.165) is 11.3 Å². The number of hydrogen-bond donors (Lipinski definition) is 1. The zero-order valence-electron chi connectivity index (χ0n) is 9.58. The minimum Gasteiger partial charge on any atom is -0.364 e. The van der Waals surface area contributed by atoms with Crippen molar-refractivity contribution in [3.8, 4) is 11.3 Å². The van der Waals surface area contributed by atoms with Gasteiger partial charge in [-0.25, -0.2) is 4.98 Å². The first-order valence-electron chi connectivity index (χ1n) is 5.59. The average molecular weight is 237 g/mol. The second-order valence-corrected chi connectivity index (χ2v) is 4.00. The van der Waals surface area contributed by atoms with Crippen LogP contribution in [-0.4, -0.2) is 15.3 Å². The highest BCUT2D eigenvalue weighted by Crippen LogP contribution is 2.19. The molecule has 0 atom stereocenters. The monoisotopic (exact) mass is 237 g/mol. The predicted molar refractivity (Wildman–Crippen MR) is 69.1 cm³/mol. The average Bonchev–Trinajstić information content (AvgIpc) is 2.83. The zero-order chi connectivity index (χ0) is 12.5. The third-order valence-corrected chi connectivity index (χ3v) is 2.81. The highest BCUT2D eigenvalue weighted by atomic mass is 16.1. The molecule has 4 nitrogen and oxygen atoms in total. The molecule has 18 heavy (non-hydrogen) atoms. The highest BCUT2D eigenvalue weighted by Gasteiger charge is 2.09. The molecule has 0 aliphatic carbocycles. The number of nitrogens with zero attached hydrogens (tertiary/aromatic N) is 2. The lowest BCUT2D eigenvalue weighted by Gasteiger charge is -1.98. The molecule has 0 bridgehead atoms. The summed E-state index contributed by atoms with van der Waals surface area (Å²) in [6, 6.07) is 15.1. The van der Waals surface area contributed by atoms with Gasteiger partial charge in [0.2, 0.25) is 0 Å². The van der Waals surface area contributed by atoms with Gasteiger partial charge in [-0.05, 0) is 12.1 Å². The largest absolute Gasteiger partial charge is 0.364 e. The molecule has 3 rings (SSSR count). The molecular weight excluding hydrogens is 226 g/mol. The molecule has 88 valence electrons. The Balaban J connectivity index is 2.23. The van der Waals surface area contributed by atoms with E-state index < -0.39 is 5.91 Å². The smallest absolute Gasteiger partial charge is 0.265 e. The molecule has 2 N–H and O–H groups in total. The molecule has 0 aliphatic rings. The molecule has 0 fully saturated rings. The molecule has 0 radical (unpaired) electrons. The number of pyridine rings is 1. The maximum Gasteiger partial charge on any atom is 0.265 e. The molecule has 1 amide bonds. The van der Waals surface area contributed by atoms with Crippen molar-refractivity contribution in [1.82, 2.24) is 9.38 Å². The first kappa shape index (κ1) is 10.5. The van der Waals surface area contributed by atoms with E-state index in [1.807, 2.05) is 42.6 Å². The Bertz CT molecular complexity index is 716. The summed E-state index contributed by atoms with van der Waals surface area (Å²) in [4.78, 5) is 15.8. The second kappa shape index (κ2) is 4.00. The summed E-state index contributed by atoms with van der Waals surface area (Å²) in [7, 11) is 0. The Kier molecular flexibility index (Phi) is 2.34. The Morgan fingerprint density at radius 3 is 2.56 bits per heavy atom. The van der Waals surface area contributed by atoms with Crippen LogP contribution in [0.25, 0.3) is 16.9 Å². The van der Waals surface area contributed by atoms with Gasteiger partial charge in [-0.2, -0.15) is 0 Å². The molecule has 2 aromatic heterocycles. The maximum atomic E-state index is 11.3. The van der Waals surface area contributed by atoms with Crippen molar-refractivity contribution in [1.29, 1.82) is 0 Å². The predicted octanol–water partition coefficient (Wildman–Crippen LogP) is 2.10. The van der Waals surface area contributed by atoms with Crippen LogP contribution in [0.3, 0.4) is 0 Å². The van der Waals surface area contributed by atoms with Crippen LogP contribution >= 0.6 is 0 Å². The lowest BCUT2D eigenvalue weighted by Crippen LogP contribution is -2.14. The number of fused-ring (bicyclic) bond motifs is 1. The zero-order valence-corrected chi connectivity index (χ0v) is 9.58. The summed E-state index contributed by atoms with van der Waals surface area (Å²) in [5.41, 5.74) is 8.32. The van der Waals surface area contributed by atoms with Gasteiger partial charge < -0.3 is 5.73 Å². The number of aromatic nitrogens is 2. The van der Waals surface area contributed by atoms with Crippen LogP contribution in [0, 0.1) is 0 Å². The number of carbonyl (C=O) groups excluding carboxylic acids is 1. The lowest BCUT2D eigenvalue weighted by atomic mass is 10.2. The maximum absolute atomic E-state index is 11.3. The first-order chi connectivity index (χ1) is 8.75. The van der Waals surface area contributed by atoms with Crippen LogP contribution in [0.2, 0.25) is 0 Å². The van der Waals surface area contributed by atoms with E-state index in [0.29, 0.717) is 11.3 Å². The number of rotatable bonds is 2. The molecule has 4 heteroatoms. The molecule has 0 saturated carbocycles. The number of primary amides is 1. The van der Waals surface area contributed by atoms with Gasteiger partial charge >= 0.3 is 0 Å². The Morgan fingerprint density at radius 1 is 1.06 bits per heavy atom. The van der Waals surface area contributed by atoms with E-state index in [9.17, 15) is 4.79 Å². The van der Waals surface area contributed by atoms with Crippen LogP contribution in [0.4, 0.5) is 0 Å². The fourth-order valence-electron chi connectivity index (χ4n) is 1.96. The molecule has 0 spiro atoms. The molecule has 0 unspecified atom stereocenters.